The van der Waals surface area contributed by atoms with Gasteiger partial charge in [0.2, 0.25) is 0 Å². The number of rotatable bonds is 4. The lowest BCUT2D eigenvalue weighted by molar-refractivity contribution is 0.237. The molecule has 1 aromatic rings. The molecule has 0 spiro atoms. The normalized spacial score (nSPS) is 18.5. The molecule has 1 unspecified atom stereocenters. The van der Waals surface area contributed by atoms with Crippen LogP contribution in [0.2, 0.25) is 5.02 Å². The Morgan fingerprint density at radius 1 is 1.41 bits per heavy atom. The van der Waals surface area contributed by atoms with Crippen LogP contribution in [0.25, 0.3) is 0 Å². The Hall–Kier alpha value is -0.640. The predicted molar refractivity (Wildman–Crippen MR) is 68.9 cm³/mol. The molecule has 1 aliphatic heterocycles. The lowest BCUT2D eigenvalue weighted by Crippen LogP contribution is -2.33. The third kappa shape index (κ3) is 2.79. The van der Waals surface area contributed by atoms with Gasteiger partial charge in [0.25, 0.3) is 0 Å². The molecule has 1 aliphatic rings. The van der Waals surface area contributed by atoms with Crippen molar-refractivity contribution in [3.05, 3.63) is 34.6 Å². The van der Waals surface area contributed by atoms with Crippen molar-refractivity contribution in [3.8, 4) is 0 Å². The SMILES string of the molecule is CNCC(c1c(F)cccc1Cl)N1CCCC1. The van der Waals surface area contributed by atoms with Gasteiger partial charge < -0.3 is 5.32 Å². The van der Waals surface area contributed by atoms with Crippen LogP contribution in [-0.4, -0.2) is 31.6 Å². The second-order valence-electron chi connectivity index (χ2n) is 4.45. The molecule has 17 heavy (non-hydrogen) atoms. The highest BCUT2D eigenvalue weighted by atomic mass is 35.5. The van der Waals surface area contributed by atoms with Gasteiger partial charge in [0.1, 0.15) is 5.82 Å². The van der Waals surface area contributed by atoms with Crippen molar-refractivity contribution in [2.75, 3.05) is 26.7 Å². The molecule has 94 valence electrons. The molecule has 0 amide bonds. The highest BCUT2D eigenvalue weighted by molar-refractivity contribution is 6.31. The molecule has 1 heterocycles. The van der Waals surface area contributed by atoms with Crippen molar-refractivity contribution in [3.63, 3.8) is 0 Å². The number of likely N-dealkylation sites (tertiary alicyclic amines) is 1. The lowest BCUT2D eigenvalue weighted by Gasteiger charge is -2.28. The highest BCUT2D eigenvalue weighted by Gasteiger charge is 2.26. The molecule has 0 aromatic heterocycles. The monoisotopic (exact) mass is 256 g/mol. The number of halogens is 2. The molecule has 0 radical (unpaired) electrons. The summed E-state index contributed by atoms with van der Waals surface area (Å²) in [5, 5.41) is 3.66. The molecule has 1 atom stereocenters. The van der Waals surface area contributed by atoms with Gasteiger partial charge in [0.15, 0.2) is 0 Å². The highest BCUT2D eigenvalue weighted by Crippen LogP contribution is 2.31. The summed E-state index contributed by atoms with van der Waals surface area (Å²) >= 11 is 6.14. The Balaban J connectivity index is 2.31. The largest absolute Gasteiger partial charge is 0.318 e. The van der Waals surface area contributed by atoms with E-state index >= 15 is 0 Å². The summed E-state index contributed by atoms with van der Waals surface area (Å²) in [4.78, 5) is 2.31. The minimum absolute atomic E-state index is 0.0381. The molecular formula is C13H18ClFN2. The van der Waals surface area contributed by atoms with Crippen LogP contribution >= 0.6 is 11.6 Å². The van der Waals surface area contributed by atoms with Crippen LogP contribution < -0.4 is 5.32 Å². The van der Waals surface area contributed by atoms with E-state index in [1.54, 1.807) is 12.1 Å². The average molecular weight is 257 g/mol. The maximum atomic E-state index is 13.9. The van der Waals surface area contributed by atoms with Gasteiger partial charge >= 0.3 is 0 Å². The maximum Gasteiger partial charge on any atom is 0.129 e. The number of hydrogen-bond acceptors (Lipinski definition) is 2. The predicted octanol–water partition coefficient (Wildman–Crippen LogP) is 2.84. The number of nitrogens with one attached hydrogen (secondary N) is 1. The molecule has 2 rings (SSSR count). The van der Waals surface area contributed by atoms with Crippen LogP contribution in [0.4, 0.5) is 4.39 Å². The molecule has 2 nitrogen and oxygen atoms in total. The van der Waals surface area contributed by atoms with Crippen molar-refractivity contribution in [2.45, 2.75) is 18.9 Å². The summed E-state index contributed by atoms with van der Waals surface area (Å²) < 4.78 is 13.9. The maximum absolute atomic E-state index is 13.9. The van der Waals surface area contributed by atoms with Crippen LogP contribution in [0.15, 0.2) is 18.2 Å². The Bertz CT molecular complexity index is 357. The van der Waals surface area contributed by atoms with E-state index in [1.807, 2.05) is 7.05 Å². The van der Waals surface area contributed by atoms with Crippen LogP contribution in [0.5, 0.6) is 0 Å². The summed E-state index contributed by atoms with van der Waals surface area (Å²) in [5.74, 6) is -0.204. The van der Waals surface area contributed by atoms with E-state index < -0.39 is 0 Å². The molecule has 1 aromatic carbocycles. The van der Waals surface area contributed by atoms with E-state index in [0.717, 1.165) is 19.6 Å². The summed E-state index contributed by atoms with van der Waals surface area (Å²) in [5.41, 5.74) is 0.630. The van der Waals surface area contributed by atoms with Crippen LogP contribution in [0.3, 0.4) is 0 Å². The van der Waals surface area contributed by atoms with Gasteiger partial charge in [-0.15, -0.1) is 0 Å². The summed E-state index contributed by atoms with van der Waals surface area (Å²) in [6.45, 7) is 2.77. The molecule has 1 saturated heterocycles. The summed E-state index contributed by atoms with van der Waals surface area (Å²) in [6.07, 6.45) is 2.37. The van der Waals surface area contributed by atoms with E-state index in [2.05, 4.69) is 10.2 Å². The van der Waals surface area contributed by atoms with E-state index in [4.69, 9.17) is 11.6 Å². The van der Waals surface area contributed by atoms with Crippen molar-refractivity contribution >= 4 is 11.6 Å². The number of benzene rings is 1. The van der Waals surface area contributed by atoms with Gasteiger partial charge in [-0.3, -0.25) is 4.90 Å². The van der Waals surface area contributed by atoms with Crippen molar-refractivity contribution in [1.82, 2.24) is 10.2 Å². The van der Waals surface area contributed by atoms with Gasteiger partial charge in [-0.1, -0.05) is 17.7 Å². The first-order chi connectivity index (χ1) is 8.24. The van der Waals surface area contributed by atoms with E-state index in [0.29, 0.717) is 10.6 Å². The average Bonchev–Trinajstić information content (AvgIpc) is 2.80. The van der Waals surface area contributed by atoms with E-state index in [9.17, 15) is 4.39 Å². The van der Waals surface area contributed by atoms with Crippen LogP contribution in [-0.2, 0) is 0 Å². The van der Waals surface area contributed by atoms with Gasteiger partial charge in [-0.2, -0.15) is 0 Å². The molecule has 0 aliphatic carbocycles. The second kappa shape index (κ2) is 5.80. The molecule has 0 bridgehead atoms. The van der Waals surface area contributed by atoms with E-state index in [1.165, 1.54) is 18.9 Å². The zero-order chi connectivity index (χ0) is 12.3. The third-order valence-corrected chi connectivity index (χ3v) is 3.64. The van der Waals surface area contributed by atoms with Gasteiger partial charge in [0, 0.05) is 17.1 Å². The Labute approximate surface area is 107 Å². The summed E-state index contributed by atoms with van der Waals surface area (Å²) in [7, 11) is 1.89. The molecular weight excluding hydrogens is 239 g/mol. The number of likely N-dealkylation sites (N-methyl/N-ethyl adjacent to an activating group) is 1. The Morgan fingerprint density at radius 2 is 2.12 bits per heavy atom. The first-order valence-electron chi connectivity index (χ1n) is 6.06. The fourth-order valence-corrected chi connectivity index (χ4v) is 2.78. The van der Waals surface area contributed by atoms with Crippen molar-refractivity contribution < 1.29 is 4.39 Å². The second-order valence-corrected chi connectivity index (χ2v) is 4.86. The smallest absolute Gasteiger partial charge is 0.129 e. The fourth-order valence-electron chi connectivity index (χ4n) is 2.49. The van der Waals surface area contributed by atoms with E-state index in [-0.39, 0.29) is 11.9 Å². The first kappa shape index (κ1) is 12.8. The molecule has 0 saturated carbocycles. The summed E-state index contributed by atoms with van der Waals surface area (Å²) in [6, 6.07) is 4.94. The first-order valence-corrected chi connectivity index (χ1v) is 6.44. The molecule has 4 heteroatoms. The van der Waals surface area contributed by atoms with Gasteiger partial charge in [-0.05, 0) is 45.1 Å². The van der Waals surface area contributed by atoms with Crippen molar-refractivity contribution in [1.29, 1.82) is 0 Å². The minimum atomic E-state index is -0.204. The number of hydrogen-bond donors (Lipinski definition) is 1. The fraction of sp³-hybridized carbons (Fsp3) is 0.538. The number of nitrogens with zero attached hydrogens (tertiary/aromatic N) is 1. The zero-order valence-electron chi connectivity index (χ0n) is 10.0. The Morgan fingerprint density at radius 3 is 2.71 bits per heavy atom. The zero-order valence-corrected chi connectivity index (χ0v) is 10.8. The quantitative estimate of drug-likeness (QED) is 0.891. The lowest BCUT2D eigenvalue weighted by atomic mass is 10.0. The molecule has 1 fully saturated rings. The third-order valence-electron chi connectivity index (χ3n) is 3.31. The van der Waals surface area contributed by atoms with Gasteiger partial charge in [-0.25, -0.2) is 4.39 Å². The minimum Gasteiger partial charge on any atom is -0.318 e. The van der Waals surface area contributed by atoms with Crippen molar-refractivity contribution in [2.24, 2.45) is 0 Å². The van der Waals surface area contributed by atoms with Crippen LogP contribution in [0, 0.1) is 5.82 Å². The molecule has 1 N–H and O–H groups in total. The van der Waals surface area contributed by atoms with Gasteiger partial charge in [0.05, 0.1) is 6.04 Å². The Kier molecular flexibility index (Phi) is 4.37. The topological polar surface area (TPSA) is 15.3 Å². The van der Waals surface area contributed by atoms with Crippen LogP contribution in [0.1, 0.15) is 24.4 Å². The standard InChI is InChI=1S/C13H18ClFN2/c1-16-9-12(17-7-2-3-8-17)13-10(14)5-4-6-11(13)15/h4-6,12,16H,2-3,7-9H2,1H3.